The average molecular weight is 709 g/mol. The predicted octanol–water partition coefficient (Wildman–Crippen LogP) is 15.5. The van der Waals surface area contributed by atoms with Crippen molar-refractivity contribution in [3.8, 4) is 33.4 Å². The molecule has 0 saturated carbocycles. The van der Waals surface area contributed by atoms with E-state index in [1.54, 1.807) is 0 Å². The fraction of sp³-hybridized carbons (Fsp3) is 0.0588. The summed E-state index contributed by atoms with van der Waals surface area (Å²) < 4.78 is 5.42. The molecule has 53 heavy (non-hydrogen) atoms. The number of hydrogen-bond acceptors (Lipinski definition) is 2. The van der Waals surface area contributed by atoms with Crippen molar-refractivity contribution in [1.82, 2.24) is 0 Å². The van der Waals surface area contributed by atoms with Crippen molar-refractivity contribution in [3.63, 3.8) is 0 Å². The Morgan fingerprint density at radius 3 is 1.64 bits per heavy atom. The van der Waals surface area contributed by atoms with E-state index in [1.807, 2.05) is 22.7 Å². The summed E-state index contributed by atoms with van der Waals surface area (Å²) in [6.07, 6.45) is 0. The van der Waals surface area contributed by atoms with E-state index in [0.29, 0.717) is 0 Å². The summed E-state index contributed by atoms with van der Waals surface area (Å²) in [5, 5.41) is 13.2. The molecular weight excluding hydrogens is 677 g/mol. The molecule has 0 nitrogen and oxygen atoms in total. The third-order valence-corrected chi connectivity index (χ3v) is 14.4. The highest BCUT2D eigenvalue weighted by molar-refractivity contribution is 7.29. The van der Waals surface area contributed by atoms with Gasteiger partial charge in [0.25, 0.3) is 0 Å². The highest BCUT2D eigenvalue weighted by Gasteiger charge is 2.35. The van der Waals surface area contributed by atoms with Crippen LogP contribution >= 0.6 is 22.7 Å². The molecule has 0 bridgehead atoms. The first-order valence-corrected chi connectivity index (χ1v) is 20.1. The number of rotatable bonds is 2. The molecule has 0 N–H and O–H groups in total. The Morgan fingerprint density at radius 2 is 0.906 bits per heavy atom. The minimum absolute atomic E-state index is 0.0676. The monoisotopic (exact) mass is 708 g/mol. The zero-order valence-corrected chi connectivity index (χ0v) is 31.0. The molecule has 0 saturated heterocycles. The fourth-order valence-corrected chi connectivity index (χ4v) is 12.1. The first kappa shape index (κ1) is 29.7. The van der Waals surface area contributed by atoms with Gasteiger partial charge in [-0.1, -0.05) is 141 Å². The molecule has 9 aromatic carbocycles. The predicted molar refractivity (Wildman–Crippen MR) is 233 cm³/mol. The van der Waals surface area contributed by atoms with Gasteiger partial charge in [0, 0.05) is 56.9 Å². The van der Waals surface area contributed by atoms with Gasteiger partial charge in [0.1, 0.15) is 0 Å². The van der Waals surface area contributed by atoms with Crippen molar-refractivity contribution in [2.45, 2.75) is 19.3 Å². The van der Waals surface area contributed by atoms with Crippen molar-refractivity contribution in [1.29, 1.82) is 0 Å². The van der Waals surface area contributed by atoms with Crippen LogP contribution in [0.25, 0.3) is 106 Å². The van der Waals surface area contributed by atoms with Crippen LogP contribution in [0.3, 0.4) is 0 Å². The molecule has 0 unspecified atom stereocenters. The standard InChI is InChI=1S/C51H32S2/c1-51(2)42-21-11-9-15-32(42)33-24-23-31(26-43(33)51)46-35-17-5-7-19-37(35)47(38-20-8-6-18-36(38)46)48-49-40(34-16-10-12-22-44(34)52-49)28-41-39-25-29-13-3-4-14-30(29)27-45(39)53-50(41)48/h3-28H,1-2H3. The Balaban J connectivity index is 1.23. The zero-order chi connectivity index (χ0) is 35.0. The Morgan fingerprint density at radius 1 is 0.358 bits per heavy atom. The average Bonchev–Trinajstić information content (AvgIpc) is 3.82. The van der Waals surface area contributed by atoms with E-state index in [0.717, 1.165) is 0 Å². The molecule has 12 rings (SSSR count). The highest BCUT2D eigenvalue weighted by atomic mass is 32.1. The van der Waals surface area contributed by atoms with Gasteiger partial charge >= 0.3 is 0 Å². The number of fused-ring (bicyclic) bond motifs is 12. The Labute approximate surface area is 315 Å². The smallest absolute Gasteiger partial charge is 0.0448 e. The van der Waals surface area contributed by atoms with Crippen LogP contribution in [0, 0.1) is 0 Å². The minimum Gasteiger partial charge on any atom is -0.134 e. The van der Waals surface area contributed by atoms with Crippen LogP contribution in [0.4, 0.5) is 0 Å². The lowest BCUT2D eigenvalue weighted by molar-refractivity contribution is 0.660. The van der Waals surface area contributed by atoms with Crippen molar-refractivity contribution >= 4 is 95.3 Å². The molecular formula is C51H32S2. The van der Waals surface area contributed by atoms with E-state index >= 15 is 0 Å². The van der Waals surface area contributed by atoms with Crippen molar-refractivity contribution < 1.29 is 0 Å². The SMILES string of the molecule is CC1(C)c2ccccc2-c2ccc(-c3c4ccccc4c(-c4c5sc6ccccc6c5cc5c4sc4cc6ccccc6cc45)c4ccccc34)cc21. The van der Waals surface area contributed by atoms with E-state index < -0.39 is 0 Å². The molecule has 0 aliphatic heterocycles. The van der Waals surface area contributed by atoms with E-state index in [4.69, 9.17) is 0 Å². The molecule has 1 aliphatic rings. The first-order valence-electron chi connectivity index (χ1n) is 18.4. The summed E-state index contributed by atoms with van der Waals surface area (Å²) in [5.41, 5.74) is 10.8. The van der Waals surface area contributed by atoms with Crippen LogP contribution in [0.15, 0.2) is 158 Å². The van der Waals surface area contributed by atoms with Crippen LogP contribution in [-0.2, 0) is 5.41 Å². The van der Waals surface area contributed by atoms with Crippen LogP contribution in [0.5, 0.6) is 0 Å². The zero-order valence-electron chi connectivity index (χ0n) is 29.3. The molecule has 0 amide bonds. The summed E-state index contributed by atoms with van der Waals surface area (Å²) >= 11 is 3.90. The van der Waals surface area contributed by atoms with E-state index in [-0.39, 0.29) is 5.41 Å². The maximum atomic E-state index is 2.49. The maximum Gasteiger partial charge on any atom is 0.0448 e. The number of benzene rings is 9. The van der Waals surface area contributed by atoms with Gasteiger partial charge < -0.3 is 0 Å². The van der Waals surface area contributed by atoms with Gasteiger partial charge in [0.2, 0.25) is 0 Å². The van der Waals surface area contributed by atoms with Gasteiger partial charge in [-0.2, -0.15) is 0 Å². The molecule has 0 radical (unpaired) electrons. The maximum absolute atomic E-state index is 2.49. The molecule has 2 aromatic heterocycles. The van der Waals surface area contributed by atoms with E-state index in [2.05, 4.69) is 172 Å². The fourth-order valence-electron chi connectivity index (χ4n) is 9.57. The third kappa shape index (κ3) is 4.00. The molecule has 1 aliphatic carbocycles. The molecule has 248 valence electrons. The minimum atomic E-state index is -0.0676. The molecule has 0 spiro atoms. The van der Waals surface area contributed by atoms with Crippen molar-refractivity contribution in [2.24, 2.45) is 0 Å². The van der Waals surface area contributed by atoms with E-state index in [1.165, 1.54) is 117 Å². The van der Waals surface area contributed by atoms with Crippen LogP contribution < -0.4 is 0 Å². The first-order chi connectivity index (χ1) is 26.0. The molecule has 2 heteroatoms. The summed E-state index contributed by atoms with van der Waals surface area (Å²) in [6.45, 7) is 4.76. The topological polar surface area (TPSA) is 0 Å². The number of thiophene rings is 2. The quantitative estimate of drug-likeness (QED) is 0.157. The van der Waals surface area contributed by atoms with Crippen LogP contribution in [0.2, 0.25) is 0 Å². The second-order valence-electron chi connectivity index (χ2n) is 15.2. The Kier molecular flexibility index (Phi) is 5.97. The Hall–Kier alpha value is -5.80. The summed E-state index contributed by atoms with van der Waals surface area (Å²) in [6, 6.07) is 59.6. The van der Waals surface area contributed by atoms with Gasteiger partial charge in [-0.25, -0.2) is 0 Å². The lowest BCUT2D eigenvalue weighted by Crippen LogP contribution is -2.14. The normalized spacial score (nSPS) is 13.6. The largest absolute Gasteiger partial charge is 0.134 e. The summed E-state index contributed by atoms with van der Waals surface area (Å²) in [5.74, 6) is 0. The van der Waals surface area contributed by atoms with Gasteiger partial charge in [-0.05, 0) is 96.0 Å². The summed E-state index contributed by atoms with van der Waals surface area (Å²) in [7, 11) is 0. The number of hydrogen-bond donors (Lipinski definition) is 0. The second-order valence-corrected chi connectivity index (χ2v) is 17.3. The molecule has 2 heterocycles. The van der Waals surface area contributed by atoms with Crippen molar-refractivity contribution in [2.75, 3.05) is 0 Å². The molecule has 0 atom stereocenters. The second kappa shape index (κ2) is 10.6. The van der Waals surface area contributed by atoms with Crippen LogP contribution in [0.1, 0.15) is 25.0 Å². The van der Waals surface area contributed by atoms with Gasteiger partial charge in [0.05, 0.1) is 0 Å². The van der Waals surface area contributed by atoms with Gasteiger partial charge in [-0.15, -0.1) is 22.7 Å². The lowest BCUT2D eigenvalue weighted by Gasteiger charge is -2.23. The summed E-state index contributed by atoms with van der Waals surface area (Å²) in [4.78, 5) is 0. The van der Waals surface area contributed by atoms with Gasteiger partial charge in [0.15, 0.2) is 0 Å². The van der Waals surface area contributed by atoms with Crippen LogP contribution in [-0.4, -0.2) is 0 Å². The van der Waals surface area contributed by atoms with Gasteiger partial charge in [-0.3, -0.25) is 0 Å². The third-order valence-electron chi connectivity index (χ3n) is 12.0. The molecule has 11 aromatic rings. The van der Waals surface area contributed by atoms with E-state index in [9.17, 15) is 0 Å². The van der Waals surface area contributed by atoms with Crippen molar-refractivity contribution in [3.05, 3.63) is 169 Å². The lowest BCUT2D eigenvalue weighted by atomic mass is 9.80. The highest BCUT2D eigenvalue weighted by Crippen LogP contribution is 2.55. The Bertz CT molecular complexity index is 3310. The molecule has 0 fully saturated rings.